The normalized spacial score (nSPS) is 16.3. The molecule has 0 spiro atoms. The minimum atomic E-state index is -0.466. The van der Waals surface area contributed by atoms with Gasteiger partial charge in [-0.05, 0) is 52.2 Å². The molecule has 1 aromatic rings. The van der Waals surface area contributed by atoms with Crippen molar-refractivity contribution in [2.75, 3.05) is 13.1 Å². The van der Waals surface area contributed by atoms with Crippen LogP contribution >= 0.6 is 34.5 Å². The molecule has 1 amide bonds. The highest BCUT2D eigenvalue weighted by Crippen LogP contribution is 2.34. The van der Waals surface area contributed by atoms with Crippen molar-refractivity contribution in [1.82, 2.24) is 10.2 Å². The predicted molar refractivity (Wildman–Crippen MR) is 96.7 cm³/mol. The molecule has 7 heteroatoms. The first kappa shape index (κ1) is 18.8. The average molecular weight is 379 g/mol. The number of rotatable bonds is 6. The fourth-order valence-corrected chi connectivity index (χ4v) is 3.94. The van der Waals surface area contributed by atoms with Crippen LogP contribution in [0.5, 0.6) is 0 Å². The van der Waals surface area contributed by atoms with Gasteiger partial charge in [0.2, 0.25) is 0 Å². The Balaban J connectivity index is 1.85. The summed E-state index contributed by atoms with van der Waals surface area (Å²) in [5.74, 6) is 0. The molecule has 2 rings (SSSR count). The van der Waals surface area contributed by atoms with Gasteiger partial charge in [0.25, 0.3) is 0 Å². The van der Waals surface area contributed by atoms with E-state index < -0.39 is 5.60 Å². The van der Waals surface area contributed by atoms with Gasteiger partial charge in [0.1, 0.15) is 5.60 Å². The Morgan fingerprint density at radius 1 is 1.48 bits per heavy atom. The Kier molecular flexibility index (Phi) is 6.22. The first-order valence-electron chi connectivity index (χ1n) is 7.85. The highest BCUT2D eigenvalue weighted by Gasteiger charge is 2.34. The minimum Gasteiger partial charge on any atom is -0.444 e. The van der Waals surface area contributed by atoms with E-state index in [1.54, 1.807) is 0 Å². The molecule has 23 heavy (non-hydrogen) atoms. The maximum atomic E-state index is 12.3. The fourth-order valence-electron chi connectivity index (χ4n) is 2.29. The van der Waals surface area contributed by atoms with Gasteiger partial charge in [0.15, 0.2) is 0 Å². The largest absolute Gasteiger partial charge is 0.444 e. The summed E-state index contributed by atoms with van der Waals surface area (Å²) in [5.41, 5.74) is 0.531. The van der Waals surface area contributed by atoms with Crippen molar-refractivity contribution in [2.45, 2.75) is 58.2 Å². The Bertz CT molecular complexity index is 553. The van der Waals surface area contributed by atoms with Crippen LogP contribution in [0.3, 0.4) is 0 Å². The molecule has 4 nitrogen and oxygen atoms in total. The number of amides is 1. The lowest BCUT2D eigenvalue weighted by Crippen LogP contribution is -2.42. The van der Waals surface area contributed by atoms with Crippen molar-refractivity contribution in [3.05, 3.63) is 20.3 Å². The van der Waals surface area contributed by atoms with Crippen molar-refractivity contribution in [2.24, 2.45) is 0 Å². The van der Waals surface area contributed by atoms with Crippen LogP contribution in [0.25, 0.3) is 0 Å². The summed E-state index contributed by atoms with van der Waals surface area (Å²) in [6.45, 7) is 9.01. The molecule has 0 bridgehead atoms. The number of hydrogen-bond acceptors (Lipinski definition) is 4. The van der Waals surface area contributed by atoms with E-state index in [0.29, 0.717) is 27.8 Å². The van der Waals surface area contributed by atoms with Gasteiger partial charge in [-0.2, -0.15) is 0 Å². The molecule has 1 unspecified atom stereocenters. The summed E-state index contributed by atoms with van der Waals surface area (Å²) in [4.78, 5) is 14.1. The number of carbonyl (C=O) groups excluding carboxylic acids is 1. The molecule has 1 fully saturated rings. The van der Waals surface area contributed by atoms with Crippen molar-refractivity contribution < 1.29 is 9.53 Å². The number of nitrogens with zero attached hydrogens (tertiary/aromatic N) is 1. The Hall–Kier alpha value is -0.490. The molecular formula is C16H24Cl2N2O2S. The van der Waals surface area contributed by atoms with Crippen molar-refractivity contribution in [3.63, 3.8) is 0 Å². The smallest absolute Gasteiger partial charge is 0.410 e. The summed E-state index contributed by atoms with van der Waals surface area (Å²) < 4.78 is 6.88. The first-order chi connectivity index (χ1) is 10.7. The lowest BCUT2D eigenvalue weighted by Gasteiger charge is -2.28. The molecule has 0 aromatic carbocycles. The standard InChI is InChI=1S/C16H24Cl2N2O2S/c1-10(12-9-13(17)23-14(12)18)19-7-8-20(11-5-6-11)15(21)22-16(2,3)4/h9-11,19H,5-8H2,1-4H3. The van der Waals surface area contributed by atoms with E-state index in [1.807, 2.05) is 38.7 Å². The fraction of sp³-hybridized carbons (Fsp3) is 0.688. The molecule has 0 saturated heterocycles. The van der Waals surface area contributed by atoms with Crippen LogP contribution in [0.1, 0.15) is 52.1 Å². The van der Waals surface area contributed by atoms with Crippen molar-refractivity contribution in [1.29, 1.82) is 0 Å². The maximum absolute atomic E-state index is 12.3. The molecule has 1 saturated carbocycles. The molecule has 1 aromatic heterocycles. The van der Waals surface area contributed by atoms with E-state index in [-0.39, 0.29) is 12.1 Å². The van der Waals surface area contributed by atoms with Crippen LogP contribution in [0.2, 0.25) is 8.67 Å². The van der Waals surface area contributed by atoms with Gasteiger partial charge in [-0.25, -0.2) is 4.79 Å². The van der Waals surface area contributed by atoms with Gasteiger partial charge in [0.05, 0.1) is 8.67 Å². The highest BCUT2D eigenvalue weighted by molar-refractivity contribution is 7.20. The first-order valence-corrected chi connectivity index (χ1v) is 9.42. The quantitative estimate of drug-likeness (QED) is 0.747. The van der Waals surface area contributed by atoms with Gasteiger partial charge in [0, 0.05) is 25.2 Å². The summed E-state index contributed by atoms with van der Waals surface area (Å²) >= 11 is 13.5. The van der Waals surface area contributed by atoms with Gasteiger partial charge in [-0.3, -0.25) is 0 Å². The lowest BCUT2D eigenvalue weighted by molar-refractivity contribution is 0.0235. The van der Waals surface area contributed by atoms with Gasteiger partial charge >= 0.3 is 6.09 Å². The maximum Gasteiger partial charge on any atom is 0.410 e. The zero-order valence-corrected chi connectivity index (χ0v) is 16.3. The van der Waals surface area contributed by atoms with E-state index in [9.17, 15) is 4.79 Å². The molecule has 0 radical (unpaired) electrons. The number of ether oxygens (including phenoxy) is 1. The second kappa shape index (κ2) is 7.60. The summed E-state index contributed by atoms with van der Waals surface area (Å²) in [6, 6.07) is 2.30. The zero-order chi connectivity index (χ0) is 17.2. The van der Waals surface area contributed by atoms with Gasteiger partial charge in [-0.15, -0.1) is 11.3 Å². The Labute approximate surface area is 152 Å². The van der Waals surface area contributed by atoms with Crippen molar-refractivity contribution >= 4 is 40.6 Å². The van der Waals surface area contributed by atoms with Gasteiger partial charge in [-0.1, -0.05) is 23.2 Å². The number of carbonyl (C=O) groups is 1. The van der Waals surface area contributed by atoms with Crippen molar-refractivity contribution in [3.8, 4) is 0 Å². The van der Waals surface area contributed by atoms with E-state index in [1.165, 1.54) is 11.3 Å². The van der Waals surface area contributed by atoms with Crippen LogP contribution in [0, 0.1) is 0 Å². The molecule has 130 valence electrons. The highest BCUT2D eigenvalue weighted by atomic mass is 35.5. The Morgan fingerprint density at radius 2 is 2.13 bits per heavy atom. The minimum absolute atomic E-state index is 0.0888. The predicted octanol–water partition coefficient (Wildman–Crippen LogP) is 5.11. The molecule has 1 heterocycles. The third-order valence-corrected chi connectivity index (χ3v) is 5.09. The molecule has 1 aliphatic rings. The van der Waals surface area contributed by atoms with Crippen LogP contribution in [0.15, 0.2) is 6.07 Å². The molecular weight excluding hydrogens is 355 g/mol. The number of thiophene rings is 1. The van der Waals surface area contributed by atoms with Gasteiger partial charge < -0.3 is 15.0 Å². The monoisotopic (exact) mass is 378 g/mol. The van der Waals surface area contributed by atoms with E-state index in [0.717, 1.165) is 18.4 Å². The Morgan fingerprint density at radius 3 is 2.61 bits per heavy atom. The average Bonchev–Trinajstić information content (AvgIpc) is 3.17. The zero-order valence-electron chi connectivity index (χ0n) is 14.0. The lowest BCUT2D eigenvalue weighted by atomic mass is 10.2. The SMILES string of the molecule is CC(NCCN(C(=O)OC(C)(C)C)C1CC1)c1cc(Cl)sc1Cl. The second-order valence-corrected chi connectivity index (χ2v) is 9.15. The van der Waals surface area contributed by atoms with E-state index >= 15 is 0 Å². The number of halogens is 2. The van der Waals surface area contributed by atoms with Crippen LogP contribution in [-0.4, -0.2) is 35.7 Å². The third kappa shape index (κ3) is 5.82. The van der Waals surface area contributed by atoms with Crippen LogP contribution in [-0.2, 0) is 4.74 Å². The van der Waals surface area contributed by atoms with E-state index in [4.69, 9.17) is 27.9 Å². The third-order valence-electron chi connectivity index (χ3n) is 3.57. The summed E-state index contributed by atoms with van der Waals surface area (Å²) in [6.07, 6.45) is 1.88. The van der Waals surface area contributed by atoms with E-state index in [2.05, 4.69) is 5.32 Å². The number of nitrogens with one attached hydrogen (secondary N) is 1. The second-order valence-electron chi connectivity index (χ2n) is 6.86. The van der Waals surface area contributed by atoms with Crippen LogP contribution < -0.4 is 5.32 Å². The molecule has 1 atom stereocenters. The molecule has 1 N–H and O–H groups in total. The summed E-state index contributed by atoms with van der Waals surface area (Å²) in [7, 11) is 0. The summed E-state index contributed by atoms with van der Waals surface area (Å²) in [5, 5.41) is 3.40. The topological polar surface area (TPSA) is 41.6 Å². The number of hydrogen-bond donors (Lipinski definition) is 1. The van der Waals surface area contributed by atoms with Crippen LogP contribution in [0.4, 0.5) is 4.79 Å². The molecule has 0 aliphatic heterocycles. The molecule has 1 aliphatic carbocycles.